The fraction of sp³-hybridized carbons (Fsp3) is 0. The van der Waals surface area contributed by atoms with Crippen LogP contribution < -0.4 is 0 Å². The number of furan rings is 1. The molecular formula is C13H8N2O. The molecule has 0 saturated heterocycles. The molecule has 4 aromatic rings. The lowest BCUT2D eigenvalue weighted by molar-refractivity contribution is 0.619. The Morgan fingerprint density at radius 3 is 3.12 bits per heavy atom. The highest BCUT2D eigenvalue weighted by atomic mass is 16.3. The molecule has 1 aromatic carbocycles. The topological polar surface area (TPSA) is 41.8 Å². The molecule has 3 aromatic heterocycles. The van der Waals surface area contributed by atoms with E-state index in [1.54, 1.807) is 12.5 Å². The molecule has 0 atom stereocenters. The van der Waals surface area contributed by atoms with Crippen LogP contribution in [0.3, 0.4) is 0 Å². The van der Waals surface area contributed by atoms with Gasteiger partial charge in [-0.3, -0.25) is 0 Å². The SMILES string of the molecule is c1cnc2[nH]c3ccc4ccoc4c3c2c1. The van der Waals surface area contributed by atoms with Gasteiger partial charge < -0.3 is 9.40 Å². The Kier molecular flexibility index (Phi) is 1.31. The van der Waals surface area contributed by atoms with E-state index in [1.807, 2.05) is 12.1 Å². The second-order valence-electron chi connectivity index (χ2n) is 3.85. The molecule has 16 heavy (non-hydrogen) atoms. The van der Waals surface area contributed by atoms with Crippen LogP contribution in [-0.4, -0.2) is 9.97 Å². The second-order valence-corrected chi connectivity index (χ2v) is 3.85. The van der Waals surface area contributed by atoms with Crippen molar-refractivity contribution in [3.8, 4) is 0 Å². The maximum absolute atomic E-state index is 5.55. The highest BCUT2D eigenvalue weighted by Gasteiger charge is 2.09. The molecule has 0 unspecified atom stereocenters. The summed E-state index contributed by atoms with van der Waals surface area (Å²) in [4.78, 5) is 7.60. The molecule has 0 saturated carbocycles. The third-order valence-electron chi connectivity index (χ3n) is 2.95. The van der Waals surface area contributed by atoms with E-state index in [4.69, 9.17) is 4.42 Å². The average molecular weight is 208 g/mol. The molecule has 3 nitrogen and oxygen atoms in total. The Hall–Kier alpha value is -2.29. The zero-order valence-corrected chi connectivity index (χ0v) is 8.40. The third kappa shape index (κ3) is 0.852. The van der Waals surface area contributed by atoms with Crippen molar-refractivity contribution < 1.29 is 4.42 Å². The van der Waals surface area contributed by atoms with Crippen molar-refractivity contribution in [1.82, 2.24) is 9.97 Å². The lowest BCUT2D eigenvalue weighted by atomic mass is 10.1. The van der Waals surface area contributed by atoms with Crippen LogP contribution in [0.15, 0.2) is 47.2 Å². The molecule has 3 heterocycles. The normalized spacial score (nSPS) is 11.8. The fourth-order valence-corrected chi connectivity index (χ4v) is 2.24. The first-order valence-corrected chi connectivity index (χ1v) is 5.16. The number of H-pyrrole nitrogens is 1. The van der Waals surface area contributed by atoms with E-state index < -0.39 is 0 Å². The molecule has 0 spiro atoms. The van der Waals surface area contributed by atoms with Gasteiger partial charge in [0.05, 0.1) is 17.2 Å². The number of hydrogen-bond acceptors (Lipinski definition) is 2. The van der Waals surface area contributed by atoms with Crippen molar-refractivity contribution in [3.63, 3.8) is 0 Å². The summed E-state index contributed by atoms with van der Waals surface area (Å²) in [6, 6.07) is 10.1. The maximum atomic E-state index is 5.55. The maximum Gasteiger partial charge on any atom is 0.143 e. The summed E-state index contributed by atoms with van der Waals surface area (Å²) in [5, 5.41) is 3.35. The molecule has 76 valence electrons. The van der Waals surface area contributed by atoms with Crippen LogP contribution in [0.25, 0.3) is 32.9 Å². The van der Waals surface area contributed by atoms with E-state index in [0.717, 1.165) is 32.9 Å². The minimum absolute atomic E-state index is 0.904. The van der Waals surface area contributed by atoms with Gasteiger partial charge in [0.1, 0.15) is 11.2 Å². The molecule has 1 N–H and O–H groups in total. The van der Waals surface area contributed by atoms with Gasteiger partial charge in [-0.1, -0.05) is 0 Å². The van der Waals surface area contributed by atoms with Gasteiger partial charge in [-0.25, -0.2) is 4.98 Å². The Morgan fingerprint density at radius 1 is 1.12 bits per heavy atom. The van der Waals surface area contributed by atoms with Crippen LogP contribution in [0, 0.1) is 0 Å². The summed E-state index contributed by atoms with van der Waals surface area (Å²) in [7, 11) is 0. The van der Waals surface area contributed by atoms with Gasteiger partial charge >= 0.3 is 0 Å². The summed E-state index contributed by atoms with van der Waals surface area (Å²) >= 11 is 0. The lowest BCUT2D eigenvalue weighted by Gasteiger charge is -1.92. The minimum atomic E-state index is 0.904. The lowest BCUT2D eigenvalue weighted by Crippen LogP contribution is -1.71. The van der Waals surface area contributed by atoms with Crippen molar-refractivity contribution in [2.24, 2.45) is 0 Å². The molecule has 0 bridgehead atoms. The smallest absolute Gasteiger partial charge is 0.143 e. The van der Waals surface area contributed by atoms with E-state index >= 15 is 0 Å². The highest BCUT2D eigenvalue weighted by molar-refractivity contribution is 6.17. The molecule has 0 aliphatic heterocycles. The summed E-state index contributed by atoms with van der Waals surface area (Å²) < 4.78 is 5.55. The standard InChI is InChI=1S/C13H8N2O/c1-2-9-11-10(15-13(9)14-6-1)4-3-8-5-7-16-12(8)11/h1-7H,(H,14,15). The number of nitrogens with one attached hydrogen (secondary N) is 1. The number of benzene rings is 1. The molecule has 0 radical (unpaired) electrons. The number of rotatable bonds is 0. The van der Waals surface area contributed by atoms with Crippen molar-refractivity contribution in [2.75, 3.05) is 0 Å². The summed E-state index contributed by atoms with van der Waals surface area (Å²) in [6.07, 6.45) is 3.51. The first kappa shape index (κ1) is 7.93. The van der Waals surface area contributed by atoms with Crippen molar-refractivity contribution in [1.29, 1.82) is 0 Å². The van der Waals surface area contributed by atoms with Crippen LogP contribution in [-0.2, 0) is 0 Å². The van der Waals surface area contributed by atoms with Gasteiger partial charge in [-0.05, 0) is 30.3 Å². The highest BCUT2D eigenvalue weighted by Crippen LogP contribution is 2.31. The zero-order valence-electron chi connectivity index (χ0n) is 8.40. The van der Waals surface area contributed by atoms with Gasteiger partial charge in [-0.2, -0.15) is 0 Å². The number of aromatic amines is 1. The van der Waals surface area contributed by atoms with Crippen molar-refractivity contribution in [2.45, 2.75) is 0 Å². The Morgan fingerprint density at radius 2 is 2.12 bits per heavy atom. The monoisotopic (exact) mass is 208 g/mol. The number of fused-ring (bicyclic) bond motifs is 5. The zero-order chi connectivity index (χ0) is 10.5. The molecule has 0 amide bonds. The molecule has 0 aliphatic rings. The third-order valence-corrected chi connectivity index (χ3v) is 2.95. The van der Waals surface area contributed by atoms with Crippen molar-refractivity contribution >= 4 is 32.9 Å². The Bertz CT molecular complexity index is 810. The Labute approximate surface area is 90.7 Å². The number of pyridine rings is 1. The first-order valence-electron chi connectivity index (χ1n) is 5.16. The number of nitrogens with zero attached hydrogens (tertiary/aromatic N) is 1. The van der Waals surface area contributed by atoms with E-state index in [2.05, 4.69) is 28.2 Å². The van der Waals surface area contributed by atoms with E-state index in [1.165, 1.54) is 0 Å². The van der Waals surface area contributed by atoms with Crippen LogP contribution in [0.4, 0.5) is 0 Å². The number of hydrogen-bond donors (Lipinski definition) is 1. The molecule has 0 fully saturated rings. The summed E-state index contributed by atoms with van der Waals surface area (Å²) in [5.41, 5.74) is 2.90. The largest absolute Gasteiger partial charge is 0.464 e. The predicted molar refractivity (Wildman–Crippen MR) is 63.4 cm³/mol. The van der Waals surface area contributed by atoms with Crippen LogP contribution in [0.5, 0.6) is 0 Å². The quantitative estimate of drug-likeness (QED) is 0.480. The predicted octanol–water partition coefficient (Wildman–Crippen LogP) is 3.46. The number of aromatic nitrogens is 2. The van der Waals surface area contributed by atoms with Gasteiger partial charge in [0.25, 0.3) is 0 Å². The summed E-state index contributed by atoms with van der Waals surface area (Å²) in [5.74, 6) is 0. The van der Waals surface area contributed by atoms with Gasteiger partial charge in [0.2, 0.25) is 0 Å². The van der Waals surface area contributed by atoms with Gasteiger partial charge in [0, 0.05) is 17.0 Å². The second kappa shape index (κ2) is 2.64. The first-order chi connectivity index (χ1) is 7.93. The Balaban J connectivity index is 2.42. The van der Waals surface area contributed by atoms with Crippen molar-refractivity contribution in [3.05, 3.63) is 42.8 Å². The average Bonchev–Trinajstić information content (AvgIpc) is 2.91. The molecule has 0 aliphatic carbocycles. The van der Waals surface area contributed by atoms with Crippen LogP contribution >= 0.6 is 0 Å². The van der Waals surface area contributed by atoms with E-state index in [0.29, 0.717) is 0 Å². The van der Waals surface area contributed by atoms with Crippen LogP contribution in [0.2, 0.25) is 0 Å². The molecule has 4 rings (SSSR count). The van der Waals surface area contributed by atoms with E-state index in [-0.39, 0.29) is 0 Å². The molecular weight excluding hydrogens is 200 g/mol. The van der Waals surface area contributed by atoms with Crippen LogP contribution in [0.1, 0.15) is 0 Å². The van der Waals surface area contributed by atoms with E-state index in [9.17, 15) is 0 Å². The molecule has 3 heteroatoms. The fourth-order valence-electron chi connectivity index (χ4n) is 2.24. The van der Waals surface area contributed by atoms with Gasteiger partial charge in [0.15, 0.2) is 0 Å². The minimum Gasteiger partial charge on any atom is -0.464 e. The summed E-state index contributed by atoms with van der Waals surface area (Å²) in [6.45, 7) is 0. The van der Waals surface area contributed by atoms with Gasteiger partial charge in [-0.15, -0.1) is 0 Å².